The van der Waals surface area contributed by atoms with Crippen LogP contribution < -0.4 is 10.7 Å². The van der Waals surface area contributed by atoms with Gasteiger partial charge in [-0.15, -0.1) is 0 Å². The maximum absolute atomic E-state index is 12.2. The summed E-state index contributed by atoms with van der Waals surface area (Å²) in [4.78, 5) is 24.2. The highest BCUT2D eigenvalue weighted by molar-refractivity contribution is 5.93. The lowest BCUT2D eigenvalue weighted by molar-refractivity contribution is 0.0927. The summed E-state index contributed by atoms with van der Waals surface area (Å²) >= 11 is 0. The Balaban J connectivity index is 1.65. The third-order valence-corrected chi connectivity index (χ3v) is 3.76. The number of rotatable bonds is 5. The predicted octanol–water partition coefficient (Wildman–Crippen LogP) is 2.26. The summed E-state index contributed by atoms with van der Waals surface area (Å²) in [7, 11) is 0. The summed E-state index contributed by atoms with van der Waals surface area (Å²) in [5.41, 5.74) is 2.06. The maximum atomic E-state index is 12.2. The molecule has 3 rings (SSSR count). The third-order valence-electron chi connectivity index (χ3n) is 3.76. The van der Waals surface area contributed by atoms with Crippen LogP contribution in [0.5, 0.6) is 0 Å². The molecule has 0 unspecified atom stereocenters. The van der Waals surface area contributed by atoms with Crippen LogP contribution >= 0.6 is 0 Å². The Morgan fingerprint density at radius 3 is 2.50 bits per heavy atom. The minimum absolute atomic E-state index is 0.00864. The maximum Gasteiger partial charge on any atom is 0.287 e. The van der Waals surface area contributed by atoms with E-state index in [1.165, 1.54) is 6.07 Å². The molecular formula is C19H17NO4. The highest BCUT2D eigenvalue weighted by atomic mass is 16.3. The Morgan fingerprint density at radius 1 is 1.04 bits per heavy atom. The summed E-state index contributed by atoms with van der Waals surface area (Å²) < 4.78 is 5.50. The van der Waals surface area contributed by atoms with E-state index >= 15 is 0 Å². The molecule has 0 radical (unpaired) electrons. The molecule has 0 aliphatic rings. The normalized spacial score (nSPS) is 10.7. The fourth-order valence-corrected chi connectivity index (χ4v) is 2.43. The standard InChI is InChI=1S/C19H17NO4/c21-12-14-7-5-13(6-8-14)9-10-20-19(23)18-11-16(22)15-3-1-2-4-17(15)24-18/h1-8,11,21H,9-10,12H2,(H,20,23). The van der Waals surface area contributed by atoms with Gasteiger partial charge in [0, 0.05) is 12.6 Å². The number of carbonyl (C=O) groups excluding carboxylic acids is 1. The minimum Gasteiger partial charge on any atom is -0.451 e. The zero-order valence-electron chi connectivity index (χ0n) is 13.0. The Kier molecular flexibility index (Phi) is 4.72. The van der Waals surface area contributed by atoms with E-state index in [1.54, 1.807) is 24.3 Å². The summed E-state index contributed by atoms with van der Waals surface area (Å²) in [5.74, 6) is -0.404. The molecule has 0 bridgehead atoms. The van der Waals surface area contributed by atoms with Crippen LogP contribution in [0.4, 0.5) is 0 Å². The molecule has 0 atom stereocenters. The molecule has 5 nitrogen and oxygen atoms in total. The van der Waals surface area contributed by atoms with Crippen LogP contribution in [0, 0.1) is 0 Å². The van der Waals surface area contributed by atoms with Gasteiger partial charge in [0.05, 0.1) is 12.0 Å². The first-order valence-electron chi connectivity index (χ1n) is 7.67. The number of fused-ring (bicyclic) bond motifs is 1. The molecule has 0 saturated carbocycles. The van der Waals surface area contributed by atoms with Crippen molar-refractivity contribution >= 4 is 16.9 Å². The van der Waals surface area contributed by atoms with E-state index in [9.17, 15) is 9.59 Å². The molecule has 1 heterocycles. The molecule has 0 spiro atoms. The van der Waals surface area contributed by atoms with Crippen molar-refractivity contribution in [3.63, 3.8) is 0 Å². The van der Waals surface area contributed by atoms with E-state index in [-0.39, 0.29) is 17.8 Å². The van der Waals surface area contributed by atoms with Crippen LogP contribution in [-0.4, -0.2) is 17.6 Å². The van der Waals surface area contributed by atoms with Crippen molar-refractivity contribution in [1.29, 1.82) is 0 Å². The lowest BCUT2D eigenvalue weighted by Gasteiger charge is -2.06. The molecule has 0 saturated heterocycles. The zero-order chi connectivity index (χ0) is 16.9. The fourth-order valence-electron chi connectivity index (χ4n) is 2.43. The number of amides is 1. The largest absolute Gasteiger partial charge is 0.451 e. The van der Waals surface area contributed by atoms with Gasteiger partial charge in [0.2, 0.25) is 0 Å². The van der Waals surface area contributed by atoms with Crippen molar-refractivity contribution in [3.05, 3.63) is 81.7 Å². The SMILES string of the molecule is O=C(NCCc1ccc(CO)cc1)c1cc(=O)c2ccccc2o1. The Hall–Kier alpha value is -2.92. The van der Waals surface area contributed by atoms with E-state index in [2.05, 4.69) is 5.32 Å². The second-order valence-electron chi connectivity index (χ2n) is 5.45. The van der Waals surface area contributed by atoms with Crippen LogP contribution in [0.1, 0.15) is 21.7 Å². The van der Waals surface area contributed by atoms with Gasteiger partial charge in [0.15, 0.2) is 11.2 Å². The van der Waals surface area contributed by atoms with Gasteiger partial charge >= 0.3 is 0 Å². The monoisotopic (exact) mass is 323 g/mol. The molecule has 0 aliphatic carbocycles. The van der Waals surface area contributed by atoms with Crippen molar-refractivity contribution < 1.29 is 14.3 Å². The van der Waals surface area contributed by atoms with Crippen LogP contribution in [0.3, 0.4) is 0 Å². The van der Waals surface area contributed by atoms with Gasteiger partial charge < -0.3 is 14.8 Å². The number of hydrogen-bond acceptors (Lipinski definition) is 4. The Labute approximate surface area is 138 Å². The van der Waals surface area contributed by atoms with Crippen LogP contribution in [0.2, 0.25) is 0 Å². The minimum atomic E-state index is -0.412. The molecule has 0 aliphatic heterocycles. The molecular weight excluding hydrogens is 306 g/mol. The lowest BCUT2D eigenvalue weighted by Crippen LogP contribution is -2.26. The number of hydrogen-bond donors (Lipinski definition) is 2. The van der Waals surface area contributed by atoms with E-state index in [1.807, 2.05) is 24.3 Å². The van der Waals surface area contributed by atoms with E-state index in [0.29, 0.717) is 23.9 Å². The van der Waals surface area contributed by atoms with Crippen LogP contribution in [0.25, 0.3) is 11.0 Å². The topological polar surface area (TPSA) is 79.5 Å². The summed E-state index contributed by atoms with van der Waals surface area (Å²) in [6, 6.07) is 15.6. The first-order valence-corrected chi connectivity index (χ1v) is 7.67. The van der Waals surface area contributed by atoms with E-state index < -0.39 is 5.91 Å². The molecule has 2 N–H and O–H groups in total. The first-order chi connectivity index (χ1) is 11.7. The van der Waals surface area contributed by atoms with E-state index in [0.717, 1.165) is 11.1 Å². The smallest absolute Gasteiger partial charge is 0.287 e. The summed E-state index contributed by atoms with van der Waals surface area (Å²) in [5, 5.41) is 12.2. The molecule has 2 aromatic carbocycles. The molecule has 24 heavy (non-hydrogen) atoms. The van der Waals surface area contributed by atoms with Gasteiger partial charge in [-0.3, -0.25) is 9.59 Å². The van der Waals surface area contributed by atoms with Crippen molar-refractivity contribution in [3.8, 4) is 0 Å². The van der Waals surface area contributed by atoms with Gasteiger partial charge in [0.25, 0.3) is 5.91 Å². The predicted molar refractivity (Wildman–Crippen MR) is 90.9 cm³/mol. The number of benzene rings is 2. The molecule has 5 heteroatoms. The Morgan fingerprint density at radius 2 is 1.75 bits per heavy atom. The van der Waals surface area contributed by atoms with Crippen molar-refractivity contribution in [2.75, 3.05) is 6.54 Å². The highest BCUT2D eigenvalue weighted by Crippen LogP contribution is 2.11. The fraction of sp³-hybridized carbons (Fsp3) is 0.158. The number of aliphatic hydroxyl groups excluding tert-OH is 1. The number of nitrogens with one attached hydrogen (secondary N) is 1. The number of carbonyl (C=O) groups is 1. The van der Waals surface area contributed by atoms with Gasteiger partial charge in [-0.25, -0.2) is 0 Å². The highest BCUT2D eigenvalue weighted by Gasteiger charge is 2.11. The molecule has 122 valence electrons. The average molecular weight is 323 g/mol. The first kappa shape index (κ1) is 16.0. The van der Waals surface area contributed by atoms with Gasteiger partial charge in [-0.2, -0.15) is 0 Å². The third kappa shape index (κ3) is 3.52. The van der Waals surface area contributed by atoms with Crippen molar-refractivity contribution in [1.82, 2.24) is 5.32 Å². The molecule has 1 aromatic heterocycles. The second-order valence-corrected chi connectivity index (χ2v) is 5.45. The van der Waals surface area contributed by atoms with Gasteiger partial charge in [-0.05, 0) is 29.7 Å². The van der Waals surface area contributed by atoms with Crippen LogP contribution in [-0.2, 0) is 13.0 Å². The van der Waals surface area contributed by atoms with Gasteiger partial charge in [0.1, 0.15) is 5.58 Å². The molecule has 3 aromatic rings. The number of para-hydroxylation sites is 1. The average Bonchev–Trinajstić information content (AvgIpc) is 2.62. The second kappa shape index (κ2) is 7.10. The molecule has 0 fully saturated rings. The quantitative estimate of drug-likeness (QED) is 0.755. The molecule has 1 amide bonds. The zero-order valence-corrected chi connectivity index (χ0v) is 13.0. The lowest BCUT2D eigenvalue weighted by atomic mass is 10.1. The Bertz CT molecular complexity index is 913. The van der Waals surface area contributed by atoms with Gasteiger partial charge in [-0.1, -0.05) is 36.4 Å². The van der Waals surface area contributed by atoms with E-state index in [4.69, 9.17) is 9.52 Å². The van der Waals surface area contributed by atoms with Crippen molar-refractivity contribution in [2.45, 2.75) is 13.0 Å². The van der Waals surface area contributed by atoms with Crippen LogP contribution in [0.15, 0.2) is 63.8 Å². The number of aliphatic hydroxyl groups is 1. The summed E-state index contributed by atoms with van der Waals surface area (Å²) in [6.45, 7) is 0.436. The van der Waals surface area contributed by atoms with Crippen molar-refractivity contribution in [2.24, 2.45) is 0 Å². The summed E-state index contributed by atoms with van der Waals surface area (Å²) in [6.07, 6.45) is 0.648.